The minimum Gasteiger partial charge on any atom is -0.497 e. The third-order valence-electron chi connectivity index (χ3n) is 6.15. The van der Waals surface area contributed by atoms with Gasteiger partial charge < -0.3 is 20.3 Å². The number of piperidine rings is 1. The summed E-state index contributed by atoms with van der Waals surface area (Å²) in [6, 6.07) is 13.7. The topological polar surface area (TPSA) is 70.7 Å². The normalized spacial score (nSPS) is 18.0. The maximum atomic E-state index is 13.4. The number of likely N-dealkylation sites (tertiary alicyclic amines) is 1. The van der Waals surface area contributed by atoms with E-state index in [9.17, 15) is 14.0 Å². The van der Waals surface area contributed by atoms with Gasteiger partial charge in [-0.2, -0.15) is 0 Å². The van der Waals surface area contributed by atoms with Crippen molar-refractivity contribution in [3.63, 3.8) is 0 Å². The summed E-state index contributed by atoms with van der Waals surface area (Å²) < 4.78 is 18.6. The molecule has 1 fully saturated rings. The SMILES string of the molecule is CCCCNC(=O)N1C[C@H](C(=O)NCCc2ccc(OC)cc2)CC[C@@H]1c1ccc(F)cc1. The van der Waals surface area contributed by atoms with Gasteiger partial charge in [0.2, 0.25) is 5.91 Å². The van der Waals surface area contributed by atoms with Gasteiger partial charge in [-0.15, -0.1) is 0 Å². The molecule has 0 unspecified atom stereocenters. The fourth-order valence-corrected chi connectivity index (χ4v) is 4.18. The fraction of sp³-hybridized carbons (Fsp3) is 0.462. The molecule has 2 aromatic rings. The van der Waals surface area contributed by atoms with Crippen LogP contribution in [0.5, 0.6) is 5.75 Å². The van der Waals surface area contributed by atoms with Crippen molar-refractivity contribution in [3.05, 3.63) is 65.5 Å². The molecule has 0 spiro atoms. The Morgan fingerprint density at radius 1 is 1.03 bits per heavy atom. The van der Waals surface area contributed by atoms with Crippen molar-refractivity contribution in [1.82, 2.24) is 15.5 Å². The van der Waals surface area contributed by atoms with Gasteiger partial charge in [0.05, 0.1) is 19.1 Å². The second-order valence-corrected chi connectivity index (χ2v) is 8.47. The molecule has 2 aromatic carbocycles. The van der Waals surface area contributed by atoms with Crippen molar-refractivity contribution in [2.75, 3.05) is 26.7 Å². The predicted molar refractivity (Wildman–Crippen MR) is 127 cm³/mol. The van der Waals surface area contributed by atoms with Crippen molar-refractivity contribution in [2.24, 2.45) is 5.92 Å². The smallest absolute Gasteiger partial charge is 0.317 e. The largest absolute Gasteiger partial charge is 0.497 e. The number of rotatable bonds is 9. The summed E-state index contributed by atoms with van der Waals surface area (Å²) in [5, 5.41) is 5.99. The first kappa shape index (κ1) is 24.6. The Balaban J connectivity index is 1.60. The van der Waals surface area contributed by atoms with E-state index < -0.39 is 0 Å². The molecule has 1 heterocycles. The van der Waals surface area contributed by atoms with Gasteiger partial charge in [-0.1, -0.05) is 37.6 Å². The molecule has 7 heteroatoms. The Morgan fingerprint density at radius 2 is 1.76 bits per heavy atom. The van der Waals surface area contributed by atoms with E-state index >= 15 is 0 Å². The highest BCUT2D eigenvalue weighted by Crippen LogP contribution is 2.33. The number of amides is 3. The van der Waals surface area contributed by atoms with Crippen LogP contribution in [0.25, 0.3) is 0 Å². The van der Waals surface area contributed by atoms with Crippen molar-refractivity contribution >= 4 is 11.9 Å². The van der Waals surface area contributed by atoms with Gasteiger partial charge in [-0.25, -0.2) is 9.18 Å². The third-order valence-corrected chi connectivity index (χ3v) is 6.15. The van der Waals surface area contributed by atoms with Crippen LogP contribution in [-0.2, 0) is 11.2 Å². The lowest BCUT2D eigenvalue weighted by Crippen LogP contribution is -2.50. The number of ether oxygens (including phenoxy) is 1. The van der Waals surface area contributed by atoms with Crippen LogP contribution < -0.4 is 15.4 Å². The van der Waals surface area contributed by atoms with E-state index in [1.807, 2.05) is 24.3 Å². The van der Waals surface area contributed by atoms with Crippen LogP contribution in [0.1, 0.15) is 49.8 Å². The average molecular weight is 456 g/mol. The lowest BCUT2D eigenvalue weighted by atomic mass is 9.88. The Bertz CT molecular complexity index is 902. The minimum absolute atomic E-state index is 0.0348. The maximum absolute atomic E-state index is 13.4. The number of hydrogen-bond donors (Lipinski definition) is 2. The number of unbranched alkanes of at least 4 members (excludes halogenated alkanes) is 1. The molecule has 33 heavy (non-hydrogen) atoms. The third kappa shape index (κ3) is 6.94. The van der Waals surface area contributed by atoms with E-state index in [0.29, 0.717) is 32.5 Å². The number of methoxy groups -OCH3 is 1. The highest BCUT2D eigenvalue weighted by Gasteiger charge is 2.35. The van der Waals surface area contributed by atoms with Gasteiger partial charge in [-0.05, 0) is 61.1 Å². The summed E-state index contributed by atoms with van der Waals surface area (Å²) in [5.41, 5.74) is 2.01. The van der Waals surface area contributed by atoms with E-state index in [1.165, 1.54) is 12.1 Å². The van der Waals surface area contributed by atoms with Gasteiger partial charge in [-0.3, -0.25) is 4.79 Å². The number of nitrogens with zero attached hydrogens (tertiary/aromatic N) is 1. The van der Waals surface area contributed by atoms with Crippen LogP contribution in [0.3, 0.4) is 0 Å². The number of urea groups is 1. The molecule has 2 atom stereocenters. The molecule has 178 valence electrons. The predicted octanol–water partition coefficient (Wildman–Crippen LogP) is 4.46. The van der Waals surface area contributed by atoms with Gasteiger partial charge in [0.1, 0.15) is 11.6 Å². The second kappa shape index (κ2) is 12.2. The highest BCUT2D eigenvalue weighted by atomic mass is 19.1. The minimum atomic E-state index is -0.303. The molecular formula is C26H34FN3O3. The quantitative estimate of drug-likeness (QED) is 0.549. The first-order valence-electron chi connectivity index (χ1n) is 11.7. The lowest BCUT2D eigenvalue weighted by Gasteiger charge is -2.39. The molecule has 0 aromatic heterocycles. The zero-order chi connectivity index (χ0) is 23.6. The van der Waals surface area contributed by atoms with Crippen molar-refractivity contribution in [1.29, 1.82) is 0 Å². The zero-order valence-corrected chi connectivity index (χ0v) is 19.5. The molecule has 2 N–H and O–H groups in total. The molecule has 0 aliphatic carbocycles. The summed E-state index contributed by atoms with van der Waals surface area (Å²) in [5.74, 6) is 0.197. The van der Waals surface area contributed by atoms with Gasteiger partial charge in [0, 0.05) is 19.6 Å². The summed E-state index contributed by atoms with van der Waals surface area (Å²) in [6.07, 6.45) is 3.94. The second-order valence-electron chi connectivity index (χ2n) is 8.47. The molecule has 1 saturated heterocycles. The first-order valence-corrected chi connectivity index (χ1v) is 11.7. The van der Waals surface area contributed by atoms with Crippen LogP contribution in [0.15, 0.2) is 48.5 Å². The first-order chi connectivity index (χ1) is 16.0. The highest BCUT2D eigenvalue weighted by molar-refractivity contribution is 5.81. The number of carbonyl (C=O) groups is 2. The Kier molecular flexibility index (Phi) is 9.10. The lowest BCUT2D eigenvalue weighted by molar-refractivity contribution is -0.126. The summed E-state index contributed by atoms with van der Waals surface area (Å²) in [4.78, 5) is 27.5. The monoisotopic (exact) mass is 455 g/mol. The Morgan fingerprint density at radius 3 is 2.42 bits per heavy atom. The Labute approximate surface area is 195 Å². The van der Waals surface area contributed by atoms with E-state index in [1.54, 1.807) is 24.1 Å². The molecule has 6 nitrogen and oxygen atoms in total. The molecule has 3 amide bonds. The van der Waals surface area contributed by atoms with E-state index in [4.69, 9.17) is 4.74 Å². The van der Waals surface area contributed by atoms with Crippen molar-refractivity contribution in [3.8, 4) is 5.75 Å². The summed E-state index contributed by atoms with van der Waals surface area (Å²) >= 11 is 0. The zero-order valence-electron chi connectivity index (χ0n) is 19.5. The molecule has 0 saturated carbocycles. The van der Waals surface area contributed by atoms with E-state index in [0.717, 1.165) is 36.1 Å². The number of carbonyl (C=O) groups excluding carboxylic acids is 2. The van der Waals surface area contributed by atoms with Gasteiger partial charge in [0.25, 0.3) is 0 Å². The average Bonchev–Trinajstić information content (AvgIpc) is 2.84. The molecule has 1 aliphatic heterocycles. The van der Waals surface area contributed by atoms with Crippen molar-refractivity contribution in [2.45, 2.75) is 45.1 Å². The van der Waals surface area contributed by atoms with Crippen LogP contribution in [0.2, 0.25) is 0 Å². The van der Waals surface area contributed by atoms with Gasteiger partial charge >= 0.3 is 6.03 Å². The molecule has 0 radical (unpaired) electrons. The molecule has 1 aliphatic rings. The standard InChI is InChI=1S/C26H34FN3O3/c1-3-4-16-29-26(32)30-18-21(9-14-24(30)20-7-10-22(27)11-8-20)25(31)28-17-15-19-5-12-23(33-2)13-6-19/h5-8,10-13,21,24H,3-4,9,14-18H2,1-2H3,(H,28,31)(H,29,32)/t21-,24-/m1/s1. The molecule has 0 bridgehead atoms. The number of hydrogen-bond acceptors (Lipinski definition) is 3. The van der Waals surface area contributed by atoms with Crippen LogP contribution in [0.4, 0.5) is 9.18 Å². The number of halogens is 1. The van der Waals surface area contributed by atoms with Crippen molar-refractivity contribution < 1.29 is 18.7 Å². The summed E-state index contributed by atoms with van der Waals surface area (Å²) in [7, 11) is 1.63. The van der Waals surface area contributed by atoms with Gasteiger partial charge in [0.15, 0.2) is 0 Å². The van der Waals surface area contributed by atoms with E-state index in [2.05, 4.69) is 17.6 Å². The van der Waals surface area contributed by atoms with E-state index in [-0.39, 0.29) is 29.7 Å². The maximum Gasteiger partial charge on any atom is 0.317 e. The number of nitrogens with one attached hydrogen (secondary N) is 2. The Hall–Kier alpha value is -3.09. The number of benzene rings is 2. The van der Waals surface area contributed by atoms with Crippen LogP contribution >= 0.6 is 0 Å². The molecular weight excluding hydrogens is 421 g/mol. The fourth-order valence-electron chi connectivity index (χ4n) is 4.18. The molecule has 3 rings (SSSR count). The summed E-state index contributed by atoms with van der Waals surface area (Å²) in [6.45, 7) is 3.54. The van der Waals surface area contributed by atoms with Crippen LogP contribution in [0, 0.1) is 11.7 Å². The van der Waals surface area contributed by atoms with Crippen LogP contribution in [-0.4, -0.2) is 43.6 Å².